The predicted octanol–water partition coefficient (Wildman–Crippen LogP) is 11.2. The molecule has 0 heterocycles. The van der Waals surface area contributed by atoms with Gasteiger partial charge < -0.3 is 28.4 Å². The summed E-state index contributed by atoms with van der Waals surface area (Å²) in [5.74, 6) is 0.906. The monoisotopic (exact) mass is 736 g/mol. The van der Waals surface area contributed by atoms with Gasteiger partial charge in [0.15, 0.2) is 12.2 Å². The lowest BCUT2D eigenvalue weighted by Crippen LogP contribution is -2.30. The lowest BCUT2D eigenvalue weighted by molar-refractivity contribution is -0.155. The van der Waals surface area contributed by atoms with Gasteiger partial charge in [-0.3, -0.25) is 9.59 Å². The first-order chi connectivity index (χ1) is 25.9. The van der Waals surface area contributed by atoms with E-state index in [1.54, 1.807) is 0 Å². The number of benzene rings is 3. The summed E-state index contributed by atoms with van der Waals surface area (Å²) in [6.07, 6.45) is 15.2. The second kappa shape index (κ2) is 26.4. The third kappa shape index (κ3) is 16.3. The first-order valence-electron chi connectivity index (χ1n) is 20.7. The van der Waals surface area contributed by atoms with Crippen molar-refractivity contribution in [3.8, 4) is 11.5 Å². The van der Waals surface area contributed by atoms with E-state index < -0.39 is 12.2 Å². The third-order valence-electron chi connectivity index (χ3n) is 9.30. The van der Waals surface area contributed by atoms with Crippen LogP contribution in [0.5, 0.6) is 11.5 Å². The molecule has 0 aliphatic heterocycles. The normalized spacial score (nSPS) is 12.5. The summed E-state index contributed by atoms with van der Waals surface area (Å²) >= 11 is 0. The molecule has 0 bridgehead atoms. The maximum Gasteiger partial charge on any atom is 0.306 e. The van der Waals surface area contributed by atoms with Crippen LogP contribution in [0.25, 0.3) is 21.5 Å². The third-order valence-corrected chi connectivity index (χ3v) is 9.30. The number of hydrogen-bond donors (Lipinski definition) is 0. The van der Waals surface area contributed by atoms with Crippen molar-refractivity contribution in [1.82, 2.24) is 0 Å². The SMILES string of the molecule is CCCCCCCCOCC(COc1c2ccccc2c(OCC(COCCCCCCCC)OC(=O)CCC)c2cc(C)ccc12)OC(=O)CCC. The minimum Gasteiger partial charge on any atom is -0.488 e. The Hall–Kier alpha value is -3.36. The van der Waals surface area contributed by atoms with Crippen LogP contribution in [-0.4, -0.2) is 63.8 Å². The number of carbonyl (C=O) groups excluding carboxylic acids is 2. The minimum atomic E-state index is -0.543. The number of aryl methyl sites for hydroxylation is 1. The Labute approximate surface area is 319 Å². The van der Waals surface area contributed by atoms with E-state index in [4.69, 9.17) is 28.4 Å². The van der Waals surface area contributed by atoms with Gasteiger partial charge in [0.25, 0.3) is 0 Å². The van der Waals surface area contributed by atoms with Crippen LogP contribution in [0.1, 0.15) is 136 Å². The summed E-state index contributed by atoms with van der Waals surface area (Å²) in [5, 5.41) is 3.54. The van der Waals surface area contributed by atoms with E-state index in [0.717, 1.165) is 52.8 Å². The number of esters is 2. The average molecular weight is 737 g/mol. The van der Waals surface area contributed by atoms with Crippen molar-refractivity contribution < 1.29 is 38.0 Å². The maximum atomic E-state index is 12.6. The first-order valence-corrected chi connectivity index (χ1v) is 20.7. The standard InChI is InChI=1S/C45H68O8/c1-6-10-12-14-16-20-28-48-31-36(52-42(46)22-8-3)33-50-44-38-24-18-19-25-39(38)45(41-30-35(5)26-27-40(41)44)51-34-37(53-43(47)23-9-4)32-49-29-21-17-15-13-11-7-2/h18-19,24-27,30,36-37H,6-17,20-23,28-29,31-34H2,1-5H3. The molecule has 0 aromatic heterocycles. The molecule has 0 fully saturated rings. The van der Waals surface area contributed by atoms with Gasteiger partial charge >= 0.3 is 11.9 Å². The zero-order chi connectivity index (χ0) is 38.1. The summed E-state index contributed by atoms with van der Waals surface area (Å²) in [6.45, 7) is 12.6. The fraction of sp³-hybridized carbons (Fsp3) is 0.644. The molecule has 0 aliphatic rings. The molecular weight excluding hydrogens is 668 g/mol. The van der Waals surface area contributed by atoms with Gasteiger partial charge in [-0.1, -0.05) is 134 Å². The van der Waals surface area contributed by atoms with Crippen molar-refractivity contribution in [1.29, 1.82) is 0 Å². The number of rotatable bonds is 30. The number of unbranched alkanes of at least 4 members (excludes halogenated alkanes) is 10. The van der Waals surface area contributed by atoms with Gasteiger partial charge in [0.2, 0.25) is 0 Å². The Morgan fingerprint density at radius 3 is 1.42 bits per heavy atom. The zero-order valence-corrected chi connectivity index (χ0v) is 33.5. The molecular formula is C45H68O8. The highest BCUT2D eigenvalue weighted by Gasteiger charge is 2.22. The number of carbonyl (C=O) groups is 2. The van der Waals surface area contributed by atoms with Crippen LogP contribution in [0.2, 0.25) is 0 Å². The van der Waals surface area contributed by atoms with E-state index in [2.05, 4.69) is 39.0 Å². The molecule has 2 unspecified atom stereocenters. The maximum absolute atomic E-state index is 12.6. The van der Waals surface area contributed by atoms with Crippen LogP contribution in [0.4, 0.5) is 0 Å². The Morgan fingerprint density at radius 1 is 0.509 bits per heavy atom. The van der Waals surface area contributed by atoms with Gasteiger partial charge in [0.05, 0.1) is 13.2 Å². The van der Waals surface area contributed by atoms with Crippen molar-refractivity contribution in [2.24, 2.45) is 0 Å². The number of fused-ring (bicyclic) bond motifs is 2. The smallest absolute Gasteiger partial charge is 0.306 e. The molecule has 0 aliphatic carbocycles. The van der Waals surface area contributed by atoms with Gasteiger partial charge in [0, 0.05) is 47.6 Å². The highest BCUT2D eigenvalue weighted by Crippen LogP contribution is 2.43. The van der Waals surface area contributed by atoms with Crippen LogP contribution in [0.15, 0.2) is 42.5 Å². The van der Waals surface area contributed by atoms with Crippen molar-refractivity contribution >= 4 is 33.5 Å². The van der Waals surface area contributed by atoms with E-state index in [0.29, 0.717) is 50.4 Å². The largest absolute Gasteiger partial charge is 0.488 e. The molecule has 8 heteroatoms. The van der Waals surface area contributed by atoms with Crippen LogP contribution in [0, 0.1) is 6.92 Å². The molecule has 0 saturated heterocycles. The van der Waals surface area contributed by atoms with Crippen LogP contribution >= 0.6 is 0 Å². The number of ether oxygens (including phenoxy) is 6. The molecule has 53 heavy (non-hydrogen) atoms. The Morgan fingerprint density at radius 2 is 0.943 bits per heavy atom. The molecule has 0 saturated carbocycles. The highest BCUT2D eigenvalue weighted by atomic mass is 16.6. The predicted molar refractivity (Wildman–Crippen MR) is 215 cm³/mol. The summed E-state index contributed by atoms with van der Waals surface area (Å²) in [7, 11) is 0. The van der Waals surface area contributed by atoms with Gasteiger partial charge in [-0.25, -0.2) is 0 Å². The molecule has 8 nitrogen and oxygen atoms in total. The molecule has 0 N–H and O–H groups in total. The molecule has 2 atom stereocenters. The second-order valence-corrected chi connectivity index (χ2v) is 14.3. The Kier molecular flexibility index (Phi) is 22.0. The van der Waals surface area contributed by atoms with Crippen LogP contribution in [-0.2, 0) is 28.5 Å². The van der Waals surface area contributed by atoms with E-state index in [-0.39, 0.29) is 38.4 Å². The lowest BCUT2D eigenvalue weighted by Gasteiger charge is -2.23. The van der Waals surface area contributed by atoms with Gasteiger partial charge in [-0.15, -0.1) is 0 Å². The molecule has 0 radical (unpaired) electrons. The summed E-state index contributed by atoms with van der Waals surface area (Å²) < 4.78 is 37.0. The Bertz CT molecular complexity index is 1470. The van der Waals surface area contributed by atoms with Crippen molar-refractivity contribution in [2.75, 3.05) is 39.6 Å². The van der Waals surface area contributed by atoms with E-state index in [9.17, 15) is 9.59 Å². The topological polar surface area (TPSA) is 89.5 Å². The molecule has 296 valence electrons. The molecule has 3 aromatic rings. The lowest BCUT2D eigenvalue weighted by atomic mass is 9.99. The average Bonchev–Trinajstić information content (AvgIpc) is 3.14. The van der Waals surface area contributed by atoms with Gasteiger partial charge in [-0.2, -0.15) is 0 Å². The van der Waals surface area contributed by atoms with Crippen LogP contribution in [0.3, 0.4) is 0 Å². The summed E-state index contributed by atoms with van der Waals surface area (Å²) in [6, 6.07) is 14.2. The van der Waals surface area contributed by atoms with E-state index in [1.807, 2.05) is 38.1 Å². The van der Waals surface area contributed by atoms with Crippen molar-refractivity contribution in [3.63, 3.8) is 0 Å². The zero-order valence-electron chi connectivity index (χ0n) is 33.5. The summed E-state index contributed by atoms with van der Waals surface area (Å²) in [5.41, 5.74) is 1.08. The minimum absolute atomic E-state index is 0.157. The van der Waals surface area contributed by atoms with Gasteiger partial charge in [-0.05, 0) is 38.7 Å². The van der Waals surface area contributed by atoms with Crippen LogP contribution < -0.4 is 9.47 Å². The van der Waals surface area contributed by atoms with Crippen molar-refractivity contribution in [2.45, 2.75) is 150 Å². The van der Waals surface area contributed by atoms with E-state index >= 15 is 0 Å². The summed E-state index contributed by atoms with van der Waals surface area (Å²) in [4.78, 5) is 25.2. The molecule has 0 spiro atoms. The molecule has 3 rings (SSSR count). The van der Waals surface area contributed by atoms with E-state index in [1.165, 1.54) is 51.4 Å². The quantitative estimate of drug-likeness (QED) is 0.0380. The van der Waals surface area contributed by atoms with Gasteiger partial charge in [0.1, 0.15) is 24.7 Å². The highest BCUT2D eigenvalue weighted by molar-refractivity contribution is 6.11. The molecule has 3 aromatic carbocycles. The Balaban J connectivity index is 1.80. The first kappa shape index (κ1) is 44.0. The number of hydrogen-bond acceptors (Lipinski definition) is 8. The fourth-order valence-electron chi connectivity index (χ4n) is 6.41. The second-order valence-electron chi connectivity index (χ2n) is 14.3. The molecule has 0 amide bonds. The van der Waals surface area contributed by atoms with Crippen molar-refractivity contribution in [3.05, 3.63) is 48.0 Å². The fourth-order valence-corrected chi connectivity index (χ4v) is 6.41.